The Balaban J connectivity index is 4.35. The Bertz CT molecular complexity index is 927. The number of ether oxygens (including phenoxy) is 3. The summed E-state index contributed by atoms with van der Waals surface area (Å²) >= 11 is 0. The van der Waals surface area contributed by atoms with Gasteiger partial charge in [-0.15, -0.1) is 0 Å². The Morgan fingerprint density at radius 2 is 0.596 bits per heavy atom. The number of unbranched alkanes of at least 4 members (excludes halogenated alkanes) is 30. The summed E-state index contributed by atoms with van der Waals surface area (Å²) in [6.45, 7) is 6.59. The Labute approximate surface area is 353 Å². The fourth-order valence-corrected chi connectivity index (χ4v) is 7.12. The molecule has 0 amide bonds. The molecule has 0 radical (unpaired) electrons. The molecule has 1 atom stereocenters. The lowest BCUT2D eigenvalue weighted by Crippen LogP contribution is -2.30. The molecule has 0 heterocycles. The van der Waals surface area contributed by atoms with Crippen molar-refractivity contribution in [2.24, 2.45) is 0 Å². The molecule has 0 unspecified atom stereocenters. The van der Waals surface area contributed by atoms with Crippen LogP contribution in [0.5, 0.6) is 0 Å². The van der Waals surface area contributed by atoms with Gasteiger partial charge in [0, 0.05) is 19.3 Å². The molecule has 0 aromatic rings. The van der Waals surface area contributed by atoms with Crippen LogP contribution >= 0.6 is 0 Å². The van der Waals surface area contributed by atoms with E-state index in [9.17, 15) is 14.4 Å². The topological polar surface area (TPSA) is 78.9 Å². The molecule has 0 saturated heterocycles. The van der Waals surface area contributed by atoms with E-state index in [-0.39, 0.29) is 31.1 Å². The van der Waals surface area contributed by atoms with Gasteiger partial charge in [0.15, 0.2) is 6.10 Å². The van der Waals surface area contributed by atoms with Crippen LogP contribution in [0.4, 0.5) is 0 Å². The standard InChI is InChI=1S/C51H94O6/c1-4-7-10-13-16-19-22-24-25-27-29-32-35-38-41-44-50(53)56-47-48(46-55-49(52)43-40-37-34-31-28-21-18-15-12-9-6-3)57-51(54)45-42-39-36-33-30-26-23-20-17-14-11-8-5-2/h15,18,24-25,48H,4-14,16-17,19-23,26-47H2,1-3H3/b18-15-,25-24-/t48-/m0/s1. The first-order valence-corrected chi connectivity index (χ1v) is 24.8. The molecule has 0 spiro atoms. The van der Waals surface area contributed by atoms with E-state index in [4.69, 9.17) is 14.2 Å². The summed E-state index contributed by atoms with van der Waals surface area (Å²) in [6.07, 6.45) is 51.5. The normalized spacial score (nSPS) is 12.1. The minimum atomic E-state index is -0.771. The fraction of sp³-hybridized carbons (Fsp3) is 0.863. The highest BCUT2D eigenvalue weighted by atomic mass is 16.6. The van der Waals surface area contributed by atoms with E-state index in [1.54, 1.807) is 0 Å². The van der Waals surface area contributed by atoms with Crippen molar-refractivity contribution in [1.29, 1.82) is 0 Å². The number of rotatable bonds is 45. The monoisotopic (exact) mass is 803 g/mol. The summed E-state index contributed by atoms with van der Waals surface area (Å²) in [6, 6.07) is 0. The van der Waals surface area contributed by atoms with E-state index in [0.29, 0.717) is 19.3 Å². The van der Waals surface area contributed by atoms with E-state index >= 15 is 0 Å². The third-order valence-corrected chi connectivity index (χ3v) is 10.9. The van der Waals surface area contributed by atoms with Crippen LogP contribution < -0.4 is 0 Å². The molecular weight excluding hydrogens is 709 g/mol. The maximum Gasteiger partial charge on any atom is 0.306 e. The molecule has 0 aliphatic rings. The van der Waals surface area contributed by atoms with E-state index in [1.165, 1.54) is 154 Å². The van der Waals surface area contributed by atoms with Crippen LogP contribution in [-0.2, 0) is 28.6 Å². The molecule has 0 bridgehead atoms. The van der Waals surface area contributed by atoms with E-state index in [2.05, 4.69) is 45.1 Å². The zero-order chi connectivity index (χ0) is 41.5. The van der Waals surface area contributed by atoms with Crippen LogP contribution in [-0.4, -0.2) is 37.2 Å². The van der Waals surface area contributed by atoms with Crippen molar-refractivity contribution in [3.63, 3.8) is 0 Å². The number of hydrogen-bond donors (Lipinski definition) is 0. The molecule has 6 nitrogen and oxygen atoms in total. The SMILES string of the molecule is CCCC/C=C\CCCCCCCC(=O)OC[C@@H](COC(=O)CCCCCCC/C=C\CCCCCCCC)OC(=O)CCCCCCCCCCCCCCC. The first-order valence-electron chi connectivity index (χ1n) is 24.8. The molecule has 0 aliphatic heterocycles. The lowest BCUT2D eigenvalue weighted by Gasteiger charge is -2.18. The second-order valence-electron chi connectivity index (χ2n) is 16.7. The van der Waals surface area contributed by atoms with Gasteiger partial charge in [-0.2, -0.15) is 0 Å². The van der Waals surface area contributed by atoms with Crippen LogP contribution in [0.3, 0.4) is 0 Å². The Morgan fingerprint density at radius 1 is 0.333 bits per heavy atom. The lowest BCUT2D eigenvalue weighted by molar-refractivity contribution is -0.167. The minimum absolute atomic E-state index is 0.0750. The summed E-state index contributed by atoms with van der Waals surface area (Å²) in [5, 5.41) is 0. The number of allylic oxidation sites excluding steroid dienone is 4. The molecule has 0 N–H and O–H groups in total. The molecule has 0 aromatic carbocycles. The molecule has 6 heteroatoms. The molecule has 0 aliphatic carbocycles. The quantitative estimate of drug-likeness (QED) is 0.0264. The number of carbonyl (C=O) groups excluding carboxylic acids is 3. The maximum absolute atomic E-state index is 12.7. The lowest BCUT2D eigenvalue weighted by atomic mass is 10.0. The van der Waals surface area contributed by atoms with Crippen molar-refractivity contribution in [1.82, 2.24) is 0 Å². The van der Waals surface area contributed by atoms with Gasteiger partial charge in [-0.3, -0.25) is 14.4 Å². The molecule has 0 fully saturated rings. The number of esters is 3. The molecule has 0 rings (SSSR count). The van der Waals surface area contributed by atoms with Crippen LogP contribution in [0.1, 0.15) is 265 Å². The molecular formula is C51H94O6. The molecule has 57 heavy (non-hydrogen) atoms. The van der Waals surface area contributed by atoms with Gasteiger partial charge in [0.05, 0.1) is 0 Å². The van der Waals surface area contributed by atoms with Gasteiger partial charge in [0.1, 0.15) is 13.2 Å². The predicted octanol–water partition coefficient (Wildman–Crippen LogP) is 16.0. The summed E-state index contributed by atoms with van der Waals surface area (Å²) in [7, 11) is 0. The van der Waals surface area contributed by atoms with Gasteiger partial charge >= 0.3 is 17.9 Å². The van der Waals surface area contributed by atoms with Crippen molar-refractivity contribution in [2.75, 3.05) is 13.2 Å². The highest BCUT2D eigenvalue weighted by molar-refractivity contribution is 5.71. The zero-order valence-electron chi connectivity index (χ0n) is 38.1. The van der Waals surface area contributed by atoms with E-state index in [0.717, 1.165) is 70.6 Å². The smallest absolute Gasteiger partial charge is 0.306 e. The third kappa shape index (κ3) is 44.8. The summed E-state index contributed by atoms with van der Waals surface area (Å²) in [4.78, 5) is 37.8. The van der Waals surface area contributed by atoms with Gasteiger partial charge in [0.2, 0.25) is 0 Å². The van der Waals surface area contributed by atoms with Crippen LogP contribution in [0.25, 0.3) is 0 Å². The average molecular weight is 803 g/mol. The Hall–Kier alpha value is -2.11. The van der Waals surface area contributed by atoms with E-state index in [1.807, 2.05) is 0 Å². The van der Waals surface area contributed by atoms with Crippen LogP contribution in [0.15, 0.2) is 24.3 Å². The second kappa shape index (κ2) is 46.6. The van der Waals surface area contributed by atoms with Gasteiger partial charge in [-0.25, -0.2) is 0 Å². The first-order chi connectivity index (χ1) is 28.0. The highest BCUT2D eigenvalue weighted by Gasteiger charge is 2.19. The van der Waals surface area contributed by atoms with E-state index < -0.39 is 6.10 Å². The number of hydrogen-bond acceptors (Lipinski definition) is 6. The summed E-state index contributed by atoms with van der Waals surface area (Å²) < 4.78 is 16.7. The Morgan fingerprint density at radius 3 is 0.930 bits per heavy atom. The molecule has 334 valence electrons. The molecule has 0 aromatic heterocycles. The molecule has 0 saturated carbocycles. The van der Waals surface area contributed by atoms with Crippen molar-refractivity contribution < 1.29 is 28.6 Å². The van der Waals surface area contributed by atoms with Gasteiger partial charge in [0.25, 0.3) is 0 Å². The Kier molecular flexibility index (Phi) is 44.9. The number of carbonyl (C=O) groups is 3. The summed E-state index contributed by atoms with van der Waals surface area (Å²) in [5.41, 5.74) is 0. The fourth-order valence-electron chi connectivity index (χ4n) is 7.12. The van der Waals surface area contributed by atoms with Crippen molar-refractivity contribution in [3.05, 3.63) is 24.3 Å². The largest absolute Gasteiger partial charge is 0.462 e. The van der Waals surface area contributed by atoms with Crippen molar-refractivity contribution >= 4 is 17.9 Å². The van der Waals surface area contributed by atoms with Crippen molar-refractivity contribution in [2.45, 2.75) is 271 Å². The van der Waals surface area contributed by atoms with Gasteiger partial charge < -0.3 is 14.2 Å². The maximum atomic E-state index is 12.7. The second-order valence-corrected chi connectivity index (χ2v) is 16.7. The highest BCUT2D eigenvalue weighted by Crippen LogP contribution is 2.15. The average Bonchev–Trinajstić information content (AvgIpc) is 3.21. The van der Waals surface area contributed by atoms with Crippen molar-refractivity contribution in [3.8, 4) is 0 Å². The third-order valence-electron chi connectivity index (χ3n) is 10.9. The van der Waals surface area contributed by atoms with Gasteiger partial charge in [-0.1, -0.05) is 206 Å². The summed E-state index contributed by atoms with van der Waals surface area (Å²) in [5.74, 6) is -0.883. The van der Waals surface area contributed by atoms with Gasteiger partial charge in [-0.05, 0) is 64.2 Å². The van der Waals surface area contributed by atoms with Crippen LogP contribution in [0.2, 0.25) is 0 Å². The van der Waals surface area contributed by atoms with Crippen LogP contribution in [0, 0.1) is 0 Å². The predicted molar refractivity (Wildman–Crippen MR) is 243 cm³/mol. The minimum Gasteiger partial charge on any atom is -0.462 e. The zero-order valence-corrected chi connectivity index (χ0v) is 38.1. The first kappa shape index (κ1) is 54.9.